The van der Waals surface area contributed by atoms with Crippen molar-refractivity contribution in [2.24, 2.45) is 22.7 Å². The van der Waals surface area contributed by atoms with E-state index < -0.39 is 0 Å². The topological polar surface area (TPSA) is 0 Å². The van der Waals surface area contributed by atoms with Gasteiger partial charge in [-0.25, -0.2) is 0 Å². The largest absolute Gasteiger partial charge is 0.0654 e. The van der Waals surface area contributed by atoms with Crippen LogP contribution in [0.25, 0.3) is 0 Å². The maximum Gasteiger partial charge on any atom is -0.0287 e. The van der Waals surface area contributed by atoms with Gasteiger partial charge in [0.15, 0.2) is 0 Å². The van der Waals surface area contributed by atoms with Crippen molar-refractivity contribution < 1.29 is 0 Å². The molecule has 3 fully saturated rings. The van der Waals surface area contributed by atoms with E-state index in [-0.39, 0.29) is 0 Å². The summed E-state index contributed by atoms with van der Waals surface area (Å²) in [6, 6.07) is 0. The predicted molar refractivity (Wildman–Crippen MR) is 97.1 cm³/mol. The third kappa shape index (κ3) is 3.73. The second-order valence-electron chi connectivity index (χ2n) is 9.52. The van der Waals surface area contributed by atoms with Crippen LogP contribution in [0.15, 0.2) is 0 Å². The maximum absolute atomic E-state index is 2.34. The van der Waals surface area contributed by atoms with Crippen molar-refractivity contribution in [1.82, 2.24) is 0 Å². The van der Waals surface area contributed by atoms with Gasteiger partial charge in [-0.3, -0.25) is 0 Å². The lowest BCUT2D eigenvalue weighted by Crippen LogP contribution is -2.49. The van der Waals surface area contributed by atoms with Crippen molar-refractivity contribution in [3.8, 4) is 0 Å². The van der Waals surface area contributed by atoms with E-state index in [0.29, 0.717) is 0 Å². The molecule has 3 rings (SSSR count). The summed E-state index contributed by atoms with van der Waals surface area (Å²) < 4.78 is 0. The fraction of sp³-hybridized carbons (Fsp3) is 1.00. The average molecular weight is 305 g/mol. The molecule has 2 spiro atoms. The highest BCUT2D eigenvalue weighted by atomic mass is 14.6. The van der Waals surface area contributed by atoms with Gasteiger partial charge in [0.05, 0.1) is 0 Å². The van der Waals surface area contributed by atoms with Crippen molar-refractivity contribution in [1.29, 1.82) is 0 Å². The van der Waals surface area contributed by atoms with Crippen LogP contribution in [0.4, 0.5) is 0 Å². The zero-order chi connectivity index (χ0) is 15.5. The lowest BCUT2D eigenvalue weighted by Gasteiger charge is -2.61. The molecule has 0 bridgehead atoms. The first kappa shape index (κ1) is 16.8. The molecule has 0 aromatic carbocycles. The van der Waals surface area contributed by atoms with E-state index in [9.17, 15) is 0 Å². The Hall–Kier alpha value is 0. The van der Waals surface area contributed by atoms with Crippen molar-refractivity contribution in [3.63, 3.8) is 0 Å². The highest BCUT2D eigenvalue weighted by Gasteiger charge is 2.55. The Kier molecular flexibility index (Phi) is 5.56. The van der Waals surface area contributed by atoms with Crippen LogP contribution in [-0.2, 0) is 0 Å². The molecule has 0 saturated heterocycles. The van der Waals surface area contributed by atoms with Gasteiger partial charge in [-0.1, -0.05) is 52.4 Å². The normalized spacial score (nSPS) is 41.7. The second kappa shape index (κ2) is 7.27. The summed E-state index contributed by atoms with van der Waals surface area (Å²) in [5.74, 6) is 2.18. The maximum atomic E-state index is 2.34. The molecule has 0 atom stereocenters. The first-order valence-corrected chi connectivity index (χ1v) is 10.7. The van der Waals surface area contributed by atoms with Gasteiger partial charge in [0.25, 0.3) is 0 Å². The first-order chi connectivity index (χ1) is 10.7. The van der Waals surface area contributed by atoms with Gasteiger partial charge in [-0.15, -0.1) is 0 Å². The number of rotatable bonds is 6. The lowest BCUT2D eigenvalue weighted by atomic mass is 9.44. The summed E-state index contributed by atoms with van der Waals surface area (Å²) >= 11 is 0. The van der Waals surface area contributed by atoms with E-state index in [1.807, 2.05) is 0 Å². The fourth-order valence-electron chi connectivity index (χ4n) is 6.39. The van der Waals surface area contributed by atoms with Crippen LogP contribution in [0.3, 0.4) is 0 Å². The predicted octanol–water partition coefficient (Wildman–Crippen LogP) is 7.51. The lowest BCUT2D eigenvalue weighted by molar-refractivity contribution is -0.102. The highest BCUT2D eigenvalue weighted by Crippen LogP contribution is 2.67. The Labute approximate surface area is 139 Å². The van der Waals surface area contributed by atoms with Gasteiger partial charge in [-0.05, 0) is 86.9 Å². The molecule has 3 aliphatic rings. The van der Waals surface area contributed by atoms with Crippen molar-refractivity contribution >= 4 is 0 Å². The van der Waals surface area contributed by atoms with Crippen LogP contribution in [0.1, 0.15) is 117 Å². The molecule has 0 amide bonds. The molecule has 0 heterocycles. The molecular weight excluding hydrogens is 264 g/mol. The Morgan fingerprint density at radius 3 is 1.32 bits per heavy atom. The van der Waals surface area contributed by atoms with Crippen LogP contribution in [0, 0.1) is 22.7 Å². The third-order valence-electron chi connectivity index (χ3n) is 7.76. The van der Waals surface area contributed by atoms with Crippen LogP contribution in [0.5, 0.6) is 0 Å². The molecule has 128 valence electrons. The molecule has 0 aromatic rings. The summed E-state index contributed by atoms with van der Waals surface area (Å²) in [5.41, 5.74) is 1.66. The van der Waals surface area contributed by atoms with Gasteiger partial charge < -0.3 is 0 Å². The zero-order valence-corrected chi connectivity index (χ0v) is 15.5. The number of unbranched alkanes of at least 4 members (excludes halogenated alkanes) is 2. The van der Waals surface area contributed by atoms with Crippen LogP contribution in [0.2, 0.25) is 0 Å². The van der Waals surface area contributed by atoms with Crippen LogP contribution >= 0.6 is 0 Å². The van der Waals surface area contributed by atoms with Crippen molar-refractivity contribution in [3.05, 3.63) is 0 Å². The Morgan fingerprint density at radius 1 is 0.636 bits per heavy atom. The standard InChI is InChI=1S/C22H40/c1-3-5-7-19-9-13-21(14-10-19)17-22(18-21)15-11-20(12-16-22)8-6-4-2/h19-20H,3-18H2,1-2H3. The molecule has 0 heteroatoms. The molecule has 3 saturated carbocycles. The summed E-state index contributed by atoms with van der Waals surface area (Å²) in [4.78, 5) is 0. The Bertz CT molecular complexity index is 284. The molecular formula is C22H40. The zero-order valence-electron chi connectivity index (χ0n) is 15.5. The van der Waals surface area contributed by atoms with Gasteiger partial charge in [-0.2, -0.15) is 0 Å². The summed E-state index contributed by atoms with van der Waals surface area (Å²) in [6.07, 6.45) is 24.6. The SMILES string of the molecule is CCCCC1CCC2(CC1)CC1(CCC(CCCC)CC1)C2. The van der Waals surface area contributed by atoms with Gasteiger partial charge >= 0.3 is 0 Å². The second-order valence-corrected chi connectivity index (χ2v) is 9.52. The molecule has 0 radical (unpaired) electrons. The van der Waals surface area contributed by atoms with E-state index in [4.69, 9.17) is 0 Å². The van der Waals surface area contributed by atoms with E-state index in [0.717, 1.165) is 22.7 Å². The van der Waals surface area contributed by atoms with E-state index in [1.165, 1.54) is 38.5 Å². The minimum atomic E-state index is 0.832. The van der Waals surface area contributed by atoms with Crippen molar-refractivity contribution in [2.75, 3.05) is 0 Å². The molecule has 0 aromatic heterocycles. The summed E-state index contributed by atoms with van der Waals surface area (Å²) in [6.45, 7) is 4.69. The molecule has 3 aliphatic carbocycles. The number of hydrogen-bond acceptors (Lipinski definition) is 0. The highest BCUT2D eigenvalue weighted by molar-refractivity contribution is 5.06. The Balaban J connectivity index is 1.39. The fourth-order valence-corrected chi connectivity index (χ4v) is 6.39. The van der Waals surface area contributed by atoms with Gasteiger partial charge in [0, 0.05) is 0 Å². The average Bonchev–Trinajstić information content (AvgIpc) is 2.52. The summed E-state index contributed by atoms with van der Waals surface area (Å²) in [5, 5.41) is 0. The van der Waals surface area contributed by atoms with Crippen molar-refractivity contribution in [2.45, 2.75) is 117 Å². The van der Waals surface area contributed by atoms with Crippen LogP contribution in [-0.4, -0.2) is 0 Å². The molecule has 0 N–H and O–H groups in total. The van der Waals surface area contributed by atoms with Crippen LogP contribution < -0.4 is 0 Å². The van der Waals surface area contributed by atoms with E-state index in [2.05, 4.69) is 13.8 Å². The number of hydrogen-bond donors (Lipinski definition) is 0. The quantitative estimate of drug-likeness (QED) is 0.476. The molecule has 0 aliphatic heterocycles. The smallest absolute Gasteiger partial charge is 0.0287 e. The van der Waals surface area contributed by atoms with Gasteiger partial charge in [0.1, 0.15) is 0 Å². The summed E-state index contributed by atoms with van der Waals surface area (Å²) in [7, 11) is 0. The van der Waals surface area contributed by atoms with Gasteiger partial charge in [0.2, 0.25) is 0 Å². The molecule has 0 nitrogen and oxygen atoms in total. The molecule has 22 heavy (non-hydrogen) atoms. The molecule has 0 unspecified atom stereocenters. The third-order valence-corrected chi connectivity index (χ3v) is 7.76. The first-order valence-electron chi connectivity index (χ1n) is 10.7. The minimum absolute atomic E-state index is 0.832. The van der Waals surface area contributed by atoms with E-state index >= 15 is 0 Å². The minimum Gasteiger partial charge on any atom is -0.0654 e. The Morgan fingerprint density at radius 2 is 1.00 bits per heavy atom. The monoisotopic (exact) mass is 304 g/mol. The van der Waals surface area contributed by atoms with E-state index in [1.54, 1.807) is 64.2 Å².